The maximum absolute atomic E-state index is 12.2. The van der Waals surface area contributed by atoms with Gasteiger partial charge >= 0.3 is 0 Å². The molecule has 0 aliphatic rings. The van der Waals surface area contributed by atoms with Crippen LogP contribution in [0.1, 0.15) is 40.5 Å². The molecule has 0 aromatic heterocycles. The number of nitrogen functional groups attached to an aromatic ring is 1. The monoisotopic (exact) mass is 277 g/mol. The first-order valence-corrected chi connectivity index (χ1v) is 7.30. The summed E-state index contributed by atoms with van der Waals surface area (Å²) in [6.45, 7) is 9.39. The molecule has 0 spiro atoms. The number of rotatable bonds is 7. The van der Waals surface area contributed by atoms with Gasteiger partial charge in [-0.15, -0.1) is 0 Å². The van der Waals surface area contributed by atoms with Crippen molar-refractivity contribution >= 4 is 17.3 Å². The molecule has 1 aromatic carbocycles. The summed E-state index contributed by atoms with van der Waals surface area (Å²) in [7, 11) is 0. The summed E-state index contributed by atoms with van der Waals surface area (Å²) in [5, 5.41) is 3.06. The first-order valence-electron chi connectivity index (χ1n) is 7.30. The lowest BCUT2D eigenvalue weighted by molar-refractivity contribution is -0.121. The average molecular weight is 277 g/mol. The van der Waals surface area contributed by atoms with Crippen LogP contribution in [0.2, 0.25) is 0 Å². The molecule has 0 aliphatic heterocycles. The van der Waals surface area contributed by atoms with Crippen molar-refractivity contribution in [3.05, 3.63) is 24.3 Å². The quantitative estimate of drug-likeness (QED) is 0.753. The molecule has 0 heterocycles. The maximum Gasteiger partial charge on any atom is 0.239 e. The van der Waals surface area contributed by atoms with Gasteiger partial charge in [0, 0.05) is 12.1 Å². The Labute approximate surface area is 122 Å². The normalized spacial score (nSPS) is 11.2. The van der Waals surface area contributed by atoms with E-state index in [2.05, 4.69) is 19.2 Å². The van der Waals surface area contributed by atoms with Crippen LogP contribution in [0, 0.1) is 0 Å². The van der Waals surface area contributed by atoms with E-state index in [4.69, 9.17) is 5.73 Å². The van der Waals surface area contributed by atoms with Crippen molar-refractivity contribution in [2.24, 2.45) is 0 Å². The molecule has 3 N–H and O–H groups in total. The number of hydrogen-bond acceptors (Lipinski definition) is 3. The van der Waals surface area contributed by atoms with Crippen LogP contribution in [-0.2, 0) is 4.79 Å². The Morgan fingerprint density at radius 2 is 1.95 bits per heavy atom. The van der Waals surface area contributed by atoms with Crippen LogP contribution in [0.4, 0.5) is 11.4 Å². The van der Waals surface area contributed by atoms with Crippen molar-refractivity contribution in [1.29, 1.82) is 0 Å². The minimum absolute atomic E-state index is 0.0357. The number of amides is 1. The van der Waals surface area contributed by atoms with Crippen molar-refractivity contribution in [2.45, 2.75) is 46.1 Å². The van der Waals surface area contributed by atoms with Gasteiger partial charge in [0.1, 0.15) is 0 Å². The highest BCUT2D eigenvalue weighted by Gasteiger charge is 2.20. The summed E-state index contributed by atoms with van der Waals surface area (Å²) in [5.74, 6) is 0.0357. The maximum atomic E-state index is 12.2. The van der Waals surface area contributed by atoms with Gasteiger partial charge in [-0.2, -0.15) is 0 Å². The zero-order chi connectivity index (χ0) is 15.2. The second-order valence-corrected chi connectivity index (χ2v) is 5.77. The molecule has 0 radical (unpaired) electrons. The molecule has 4 nitrogen and oxygen atoms in total. The number of nitrogens with one attached hydrogen (secondary N) is 1. The number of hydrogen-bond donors (Lipinski definition) is 2. The van der Waals surface area contributed by atoms with E-state index >= 15 is 0 Å². The summed E-state index contributed by atoms with van der Waals surface area (Å²) in [5.41, 5.74) is 7.48. The molecule has 112 valence electrons. The van der Waals surface area contributed by atoms with Crippen molar-refractivity contribution < 1.29 is 4.79 Å². The molecule has 0 saturated carbocycles. The zero-order valence-corrected chi connectivity index (χ0v) is 13.1. The van der Waals surface area contributed by atoms with E-state index in [1.807, 2.05) is 43.0 Å². The SMILES string of the molecule is CCCN(CC(=O)NC(C)(C)CC)c1ccccc1N. The Kier molecular flexibility index (Phi) is 5.86. The summed E-state index contributed by atoms with van der Waals surface area (Å²) >= 11 is 0. The van der Waals surface area contributed by atoms with E-state index in [0.717, 1.165) is 25.1 Å². The highest BCUT2D eigenvalue weighted by Crippen LogP contribution is 2.22. The lowest BCUT2D eigenvalue weighted by Gasteiger charge is -2.29. The minimum atomic E-state index is -0.169. The molecule has 20 heavy (non-hydrogen) atoms. The fraction of sp³-hybridized carbons (Fsp3) is 0.562. The van der Waals surface area contributed by atoms with Crippen LogP contribution >= 0.6 is 0 Å². The molecule has 0 atom stereocenters. The summed E-state index contributed by atoms with van der Waals surface area (Å²) in [4.78, 5) is 14.2. The molecule has 0 fully saturated rings. The fourth-order valence-corrected chi connectivity index (χ4v) is 2.01. The van der Waals surface area contributed by atoms with Gasteiger partial charge in [-0.3, -0.25) is 4.79 Å². The molecule has 0 unspecified atom stereocenters. The van der Waals surface area contributed by atoms with E-state index in [-0.39, 0.29) is 11.4 Å². The van der Waals surface area contributed by atoms with Gasteiger partial charge < -0.3 is 16.0 Å². The Morgan fingerprint density at radius 3 is 2.50 bits per heavy atom. The number of anilines is 2. The van der Waals surface area contributed by atoms with Crippen molar-refractivity contribution in [2.75, 3.05) is 23.7 Å². The average Bonchev–Trinajstić information content (AvgIpc) is 2.38. The van der Waals surface area contributed by atoms with Crippen molar-refractivity contribution in [3.63, 3.8) is 0 Å². The lowest BCUT2D eigenvalue weighted by atomic mass is 10.0. The van der Waals surface area contributed by atoms with Gasteiger partial charge in [-0.25, -0.2) is 0 Å². The predicted octanol–water partition coefficient (Wildman–Crippen LogP) is 2.79. The third-order valence-electron chi connectivity index (χ3n) is 3.47. The number of carbonyl (C=O) groups is 1. The van der Waals surface area contributed by atoms with E-state index < -0.39 is 0 Å². The largest absolute Gasteiger partial charge is 0.397 e. The minimum Gasteiger partial charge on any atom is -0.397 e. The second kappa shape index (κ2) is 7.17. The predicted molar refractivity (Wildman–Crippen MR) is 85.9 cm³/mol. The molecule has 4 heteroatoms. The molecular formula is C16H27N3O. The Hall–Kier alpha value is -1.71. The Balaban J connectivity index is 2.78. The van der Waals surface area contributed by atoms with E-state index in [1.54, 1.807) is 0 Å². The molecule has 1 rings (SSSR count). The number of benzene rings is 1. The summed E-state index contributed by atoms with van der Waals surface area (Å²) < 4.78 is 0. The van der Waals surface area contributed by atoms with Crippen LogP contribution in [0.5, 0.6) is 0 Å². The second-order valence-electron chi connectivity index (χ2n) is 5.77. The molecule has 0 saturated heterocycles. The van der Waals surface area contributed by atoms with Crippen LogP contribution in [-0.4, -0.2) is 24.5 Å². The molecule has 1 amide bonds. The Bertz CT molecular complexity index is 443. The highest BCUT2D eigenvalue weighted by atomic mass is 16.2. The third kappa shape index (κ3) is 4.76. The van der Waals surface area contributed by atoms with Crippen LogP contribution < -0.4 is 16.0 Å². The van der Waals surface area contributed by atoms with Gasteiger partial charge in [0.15, 0.2) is 0 Å². The Morgan fingerprint density at radius 1 is 1.30 bits per heavy atom. The van der Waals surface area contributed by atoms with Crippen molar-refractivity contribution in [1.82, 2.24) is 5.32 Å². The van der Waals surface area contributed by atoms with Crippen LogP contribution in [0.3, 0.4) is 0 Å². The summed E-state index contributed by atoms with van der Waals surface area (Å²) in [6, 6.07) is 7.68. The fourth-order valence-electron chi connectivity index (χ4n) is 2.01. The first-order chi connectivity index (χ1) is 9.39. The van der Waals surface area contributed by atoms with Gasteiger partial charge in [0.05, 0.1) is 17.9 Å². The third-order valence-corrected chi connectivity index (χ3v) is 3.47. The van der Waals surface area contributed by atoms with Gasteiger partial charge in [0.2, 0.25) is 5.91 Å². The first kappa shape index (κ1) is 16.3. The number of para-hydroxylation sites is 2. The van der Waals surface area contributed by atoms with E-state index in [9.17, 15) is 4.79 Å². The number of nitrogens with two attached hydrogens (primary N) is 1. The molecule has 0 bridgehead atoms. The van der Waals surface area contributed by atoms with E-state index in [1.165, 1.54) is 0 Å². The zero-order valence-electron chi connectivity index (χ0n) is 13.1. The highest BCUT2D eigenvalue weighted by molar-refractivity contribution is 5.83. The van der Waals surface area contributed by atoms with Gasteiger partial charge in [0.25, 0.3) is 0 Å². The lowest BCUT2D eigenvalue weighted by Crippen LogP contribution is -2.47. The summed E-state index contributed by atoms with van der Waals surface area (Å²) in [6.07, 6.45) is 1.87. The van der Waals surface area contributed by atoms with E-state index in [0.29, 0.717) is 12.2 Å². The van der Waals surface area contributed by atoms with Crippen LogP contribution in [0.15, 0.2) is 24.3 Å². The standard InChI is InChI=1S/C16H27N3O/c1-5-11-19(14-10-8-7-9-13(14)17)12-15(20)18-16(3,4)6-2/h7-10H,5-6,11-12,17H2,1-4H3,(H,18,20). The smallest absolute Gasteiger partial charge is 0.239 e. The van der Waals surface area contributed by atoms with Crippen molar-refractivity contribution in [3.8, 4) is 0 Å². The molecule has 1 aromatic rings. The number of carbonyl (C=O) groups excluding carboxylic acids is 1. The topological polar surface area (TPSA) is 58.4 Å². The molecule has 0 aliphatic carbocycles. The van der Waals surface area contributed by atoms with Gasteiger partial charge in [-0.1, -0.05) is 26.0 Å². The number of nitrogens with zero attached hydrogens (tertiary/aromatic N) is 1. The molecular weight excluding hydrogens is 250 g/mol. The van der Waals surface area contributed by atoms with Crippen LogP contribution in [0.25, 0.3) is 0 Å². The van der Waals surface area contributed by atoms with Gasteiger partial charge in [-0.05, 0) is 38.8 Å².